The van der Waals surface area contributed by atoms with E-state index < -0.39 is 11.7 Å². The van der Waals surface area contributed by atoms with Gasteiger partial charge in [0.05, 0.1) is 0 Å². The first-order valence-corrected chi connectivity index (χ1v) is 7.66. The molecule has 0 atom stereocenters. The normalized spacial score (nSPS) is 9.96. The number of benzene rings is 2. The maximum atomic E-state index is 13.4. The molecule has 126 valence electrons. The molecule has 0 fully saturated rings. The van der Waals surface area contributed by atoms with Gasteiger partial charge in [0, 0.05) is 5.69 Å². The first-order chi connectivity index (χ1) is 11.4. The fourth-order valence-electron chi connectivity index (χ4n) is 2.08. The molecule has 3 N–H and O–H groups in total. The number of thiocarbonyl (C=S) groups is 1. The van der Waals surface area contributed by atoms with E-state index in [0.29, 0.717) is 0 Å². The molecule has 1 amide bonds. The highest BCUT2D eigenvalue weighted by molar-refractivity contribution is 7.80. The van der Waals surface area contributed by atoms with Crippen LogP contribution in [0.4, 0.5) is 10.1 Å². The monoisotopic (exact) mass is 347 g/mol. The van der Waals surface area contributed by atoms with Gasteiger partial charge in [-0.25, -0.2) is 4.39 Å². The van der Waals surface area contributed by atoms with Crippen molar-refractivity contribution in [1.29, 1.82) is 0 Å². The number of hydrogen-bond donors (Lipinski definition) is 3. The highest BCUT2D eigenvalue weighted by atomic mass is 32.1. The van der Waals surface area contributed by atoms with Crippen molar-refractivity contribution in [1.82, 2.24) is 10.9 Å². The van der Waals surface area contributed by atoms with Crippen molar-refractivity contribution in [3.63, 3.8) is 0 Å². The zero-order chi connectivity index (χ0) is 17.5. The van der Waals surface area contributed by atoms with Gasteiger partial charge in [0.1, 0.15) is 0 Å². The van der Waals surface area contributed by atoms with Crippen LogP contribution in [0.5, 0.6) is 5.75 Å². The Labute approximate surface area is 145 Å². The average molecular weight is 347 g/mol. The molecule has 0 aliphatic heterocycles. The van der Waals surface area contributed by atoms with Crippen LogP contribution in [0.2, 0.25) is 0 Å². The van der Waals surface area contributed by atoms with Crippen LogP contribution in [0, 0.1) is 19.7 Å². The van der Waals surface area contributed by atoms with E-state index in [-0.39, 0.29) is 17.5 Å². The molecule has 0 heterocycles. The fraction of sp³-hybridized carbons (Fsp3) is 0.176. The Hall–Kier alpha value is -2.67. The minimum absolute atomic E-state index is 0.0172. The van der Waals surface area contributed by atoms with Gasteiger partial charge in [-0.15, -0.1) is 0 Å². The van der Waals surface area contributed by atoms with Gasteiger partial charge in [0.2, 0.25) is 0 Å². The third-order valence-corrected chi connectivity index (χ3v) is 3.19. The number of hydrogen-bond acceptors (Lipinski definition) is 3. The number of halogens is 1. The van der Waals surface area contributed by atoms with Crippen molar-refractivity contribution >= 4 is 28.9 Å². The Bertz CT molecular complexity index is 732. The van der Waals surface area contributed by atoms with Gasteiger partial charge in [0.25, 0.3) is 5.91 Å². The summed E-state index contributed by atoms with van der Waals surface area (Å²) >= 11 is 5.10. The number of para-hydroxylation sites is 1. The van der Waals surface area contributed by atoms with Gasteiger partial charge >= 0.3 is 0 Å². The molecule has 0 saturated heterocycles. The van der Waals surface area contributed by atoms with Crippen LogP contribution in [0.3, 0.4) is 0 Å². The second-order valence-electron chi connectivity index (χ2n) is 5.22. The second-order valence-corrected chi connectivity index (χ2v) is 5.63. The predicted octanol–water partition coefficient (Wildman–Crippen LogP) is 2.84. The number of rotatable bonds is 4. The third-order valence-electron chi connectivity index (χ3n) is 2.99. The van der Waals surface area contributed by atoms with Crippen molar-refractivity contribution in [3.05, 3.63) is 59.4 Å². The lowest BCUT2D eigenvalue weighted by Crippen LogP contribution is -2.45. The molecule has 0 aromatic heterocycles. The van der Waals surface area contributed by atoms with Gasteiger partial charge < -0.3 is 10.1 Å². The van der Waals surface area contributed by atoms with Crippen LogP contribution in [0.1, 0.15) is 11.1 Å². The molecule has 5 nitrogen and oxygen atoms in total. The minimum Gasteiger partial charge on any atom is -0.481 e. The molecule has 0 bridgehead atoms. The van der Waals surface area contributed by atoms with E-state index in [2.05, 4.69) is 16.2 Å². The number of ether oxygens (including phenoxy) is 1. The molecule has 7 heteroatoms. The standard InChI is InChI=1S/C17H18FN3O2S/c1-11-7-12(2)9-13(8-11)19-17(24)21-20-16(22)10-23-15-6-4-3-5-14(15)18/h3-9H,10H2,1-2H3,(H,20,22)(H2,19,21,24). The molecule has 0 saturated carbocycles. The summed E-state index contributed by atoms with van der Waals surface area (Å²) in [5.74, 6) is -0.989. The van der Waals surface area contributed by atoms with E-state index in [1.807, 2.05) is 32.0 Å². The molecule has 24 heavy (non-hydrogen) atoms. The van der Waals surface area contributed by atoms with Crippen molar-refractivity contribution in [3.8, 4) is 5.75 Å². The van der Waals surface area contributed by atoms with Crippen molar-refractivity contribution in [2.75, 3.05) is 11.9 Å². The van der Waals surface area contributed by atoms with Crippen LogP contribution in [-0.4, -0.2) is 17.6 Å². The van der Waals surface area contributed by atoms with E-state index in [0.717, 1.165) is 16.8 Å². The van der Waals surface area contributed by atoms with Crippen LogP contribution < -0.4 is 20.9 Å². The summed E-state index contributed by atoms with van der Waals surface area (Å²) in [6.07, 6.45) is 0. The summed E-state index contributed by atoms with van der Waals surface area (Å²) < 4.78 is 18.4. The van der Waals surface area contributed by atoms with Gasteiger partial charge in [-0.3, -0.25) is 15.6 Å². The largest absolute Gasteiger partial charge is 0.481 e. The van der Waals surface area contributed by atoms with E-state index in [9.17, 15) is 9.18 Å². The summed E-state index contributed by atoms with van der Waals surface area (Å²) in [7, 11) is 0. The first kappa shape index (κ1) is 17.7. The molecular weight excluding hydrogens is 329 g/mol. The van der Waals surface area contributed by atoms with Gasteiger partial charge in [-0.05, 0) is 61.5 Å². The smallest absolute Gasteiger partial charge is 0.276 e. The van der Waals surface area contributed by atoms with E-state index in [1.165, 1.54) is 12.1 Å². The highest BCUT2D eigenvalue weighted by Gasteiger charge is 2.07. The molecule has 2 aromatic rings. The molecular formula is C17H18FN3O2S. The minimum atomic E-state index is -0.523. The zero-order valence-electron chi connectivity index (χ0n) is 13.4. The van der Waals surface area contributed by atoms with Crippen molar-refractivity contribution in [2.45, 2.75) is 13.8 Å². The first-order valence-electron chi connectivity index (χ1n) is 7.25. The van der Waals surface area contributed by atoms with Crippen LogP contribution in [-0.2, 0) is 4.79 Å². The van der Waals surface area contributed by atoms with Crippen LogP contribution in [0.15, 0.2) is 42.5 Å². The van der Waals surface area contributed by atoms with Crippen molar-refractivity contribution < 1.29 is 13.9 Å². The number of amides is 1. The predicted molar refractivity (Wildman–Crippen MR) is 95.3 cm³/mol. The SMILES string of the molecule is Cc1cc(C)cc(NC(=S)NNC(=O)COc2ccccc2F)c1. The maximum absolute atomic E-state index is 13.4. The summed E-state index contributed by atoms with van der Waals surface area (Å²) in [5.41, 5.74) is 7.97. The Morgan fingerprint density at radius 3 is 2.46 bits per heavy atom. The Balaban J connectivity index is 1.77. The number of carbonyl (C=O) groups excluding carboxylic acids is 1. The lowest BCUT2D eigenvalue weighted by molar-refractivity contribution is -0.123. The van der Waals surface area contributed by atoms with Gasteiger partial charge in [-0.1, -0.05) is 18.2 Å². The van der Waals surface area contributed by atoms with Crippen molar-refractivity contribution in [2.24, 2.45) is 0 Å². The fourth-order valence-corrected chi connectivity index (χ4v) is 2.25. The number of hydrazine groups is 1. The molecule has 0 aliphatic rings. The number of aryl methyl sites for hydroxylation is 2. The summed E-state index contributed by atoms with van der Waals surface area (Å²) in [5, 5.41) is 3.20. The Morgan fingerprint density at radius 2 is 1.79 bits per heavy atom. The zero-order valence-corrected chi connectivity index (χ0v) is 14.2. The van der Waals surface area contributed by atoms with Gasteiger partial charge in [-0.2, -0.15) is 0 Å². The van der Waals surface area contributed by atoms with E-state index >= 15 is 0 Å². The highest BCUT2D eigenvalue weighted by Crippen LogP contribution is 2.15. The van der Waals surface area contributed by atoms with Gasteiger partial charge in [0.15, 0.2) is 23.3 Å². The third kappa shape index (κ3) is 5.51. The number of carbonyl (C=O) groups is 1. The summed E-state index contributed by atoms with van der Waals surface area (Å²) in [6, 6.07) is 11.8. The lowest BCUT2D eigenvalue weighted by Gasteiger charge is -2.13. The van der Waals surface area contributed by atoms with E-state index in [4.69, 9.17) is 17.0 Å². The topological polar surface area (TPSA) is 62.4 Å². The quantitative estimate of drug-likeness (QED) is 0.586. The number of anilines is 1. The average Bonchev–Trinajstić information content (AvgIpc) is 2.51. The second kappa shape index (κ2) is 8.26. The Kier molecular flexibility index (Phi) is 6.08. The summed E-state index contributed by atoms with van der Waals surface area (Å²) in [6.45, 7) is 3.63. The number of nitrogens with one attached hydrogen (secondary N) is 3. The molecule has 0 spiro atoms. The molecule has 0 aliphatic carbocycles. The van der Waals surface area contributed by atoms with E-state index in [1.54, 1.807) is 12.1 Å². The maximum Gasteiger partial charge on any atom is 0.276 e. The Morgan fingerprint density at radius 1 is 1.12 bits per heavy atom. The molecule has 2 aromatic carbocycles. The molecule has 0 unspecified atom stereocenters. The summed E-state index contributed by atoms with van der Waals surface area (Å²) in [4.78, 5) is 11.7. The molecule has 0 radical (unpaired) electrons. The lowest BCUT2D eigenvalue weighted by atomic mass is 10.1. The van der Waals surface area contributed by atoms with Crippen LogP contribution >= 0.6 is 12.2 Å². The molecule has 2 rings (SSSR count). The van der Waals surface area contributed by atoms with Crippen LogP contribution in [0.25, 0.3) is 0 Å².